The van der Waals surface area contributed by atoms with Gasteiger partial charge < -0.3 is 25.0 Å². The quantitative estimate of drug-likeness (QED) is 0.261. The van der Waals surface area contributed by atoms with Gasteiger partial charge in [-0.2, -0.15) is 22.0 Å². The Bertz CT molecular complexity index is 1710. The topological polar surface area (TPSA) is 106 Å². The van der Waals surface area contributed by atoms with Crippen LogP contribution in [0.1, 0.15) is 106 Å². The van der Waals surface area contributed by atoms with Crippen molar-refractivity contribution in [1.82, 2.24) is 20.6 Å². The predicted molar refractivity (Wildman–Crippen MR) is 185 cm³/mol. The van der Waals surface area contributed by atoms with E-state index >= 15 is 8.78 Å². The second kappa shape index (κ2) is 13.4. The smallest absolute Gasteiger partial charge is 0.401 e. The third-order valence-electron chi connectivity index (χ3n) is 13.3. The van der Waals surface area contributed by atoms with E-state index in [4.69, 9.17) is 9.47 Å². The van der Waals surface area contributed by atoms with Gasteiger partial charge in [-0.3, -0.25) is 9.59 Å². The van der Waals surface area contributed by atoms with Crippen LogP contribution in [0.25, 0.3) is 0 Å². The number of halogens is 5. The standard InChI is InChI=1S/C39H48F5N5O4/c1-22(50)39(25-14-23-13-24(16-25)17-26(39)15-23)48-34(51)30-19-45-35(47-33(30)36(2,40)41)49-21-37(9-11-52-12-10-37)31-18-29(7-8-32(31)49)53-28-5-3-27(4-6-28)46-20-38(42,43)44/h7-8,18-19,23-28,46H,3-6,9-17,20-21H2,1-2H3,(H,48,51). The third-order valence-corrected chi connectivity index (χ3v) is 13.3. The van der Waals surface area contributed by atoms with Crippen LogP contribution in [0.2, 0.25) is 0 Å². The number of nitrogens with one attached hydrogen (secondary N) is 2. The van der Waals surface area contributed by atoms with Crippen molar-refractivity contribution in [3.63, 3.8) is 0 Å². The number of carbonyl (C=O) groups is 2. The molecule has 1 saturated heterocycles. The second-order valence-electron chi connectivity index (χ2n) is 16.7. The van der Waals surface area contributed by atoms with Gasteiger partial charge >= 0.3 is 6.18 Å². The Hall–Kier alpha value is -3.39. The monoisotopic (exact) mass is 745 g/mol. The molecular formula is C39H48F5N5O4. The zero-order valence-electron chi connectivity index (χ0n) is 30.2. The minimum Gasteiger partial charge on any atom is -0.490 e. The van der Waals surface area contributed by atoms with Crippen molar-refractivity contribution < 1.29 is 41.0 Å². The van der Waals surface area contributed by atoms with E-state index in [0.29, 0.717) is 75.9 Å². The predicted octanol–water partition coefficient (Wildman–Crippen LogP) is 7.14. The molecule has 0 radical (unpaired) electrons. The first-order valence-electron chi connectivity index (χ1n) is 19.2. The highest BCUT2D eigenvalue weighted by atomic mass is 19.4. The van der Waals surface area contributed by atoms with E-state index in [0.717, 1.165) is 50.3 Å². The normalized spacial score (nSPS) is 31.8. The average Bonchev–Trinajstić information content (AvgIpc) is 3.40. The number of benzene rings is 1. The number of amides is 1. The van der Waals surface area contributed by atoms with Gasteiger partial charge in [0.15, 0.2) is 5.78 Å². The maximum absolute atomic E-state index is 15.5. The van der Waals surface area contributed by atoms with Gasteiger partial charge in [-0.15, -0.1) is 0 Å². The second-order valence-corrected chi connectivity index (χ2v) is 16.7. The molecule has 5 saturated carbocycles. The SMILES string of the molecule is CC(=O)C1(NC(=O)c2cnc(N3CC4(CCOCC4)c4cc(OC5CCC(NCC(F)(F)F)CC5)ccc43)nc2C(C)(F)F)C2CC3CC(C2)CC1C3. The minimum atomic E-state index is -4.25. The Morgan fingerprint density at radius 2 is 1.64 bits per heavy atom. The van der Waals surface area contributed by atoms with E-state index < -0.39 is 35.8 Å². The molecule has 5 aliphatic carbocycles. The average molecular weight is 746 g/mol. The van der Waals surface area contributed by atoms with E-state index in [1.165, 1.54) is 13.1 Å². The number of ether oxygens (including phenoxy) is 2. The summed E-state index contributed by atoms with van der Waals surface area (Å²) in [5, 5.41) is 5.62. The van der Waals surface area contributed by atoms with Crippen LogP contribution in [0.4, 0.5) is 33.6 Å². The molecule has 1 aromatic heterocycles. The highest BCUT2D eigenvalue weighted by molar-refractivity contribution is 6.00. The summed E-state index contributed by atoms with van der Waals surface area (Å²) >= 11 is 0. The Morgan fingerprint density at radius 3 is 2.25 bits per heavy atom. The molecule has 9 rings (SSSR count). The Labute approximate surface area is 306 Å². The van der Waals surface area contributed by atoms with Crippen LogP contribution in [-0.2, 0) is 20.9 Å². The number of ketones is 1. The zero-order chi connectivity index (χ0) is 37.3. The molecule has 6 fully saturated rings. The first-order valence-corrected chi connectivity index (χ1v) is 19.2. The molecule has 3 heterocycles. The van der Waals surface area contributed by atoms with Gasteiger partial charge in [-0.25, -0.2) is 9.97 Å². The van der Waals surface area contributed by atoms with E-state index in [9.17, 15) is 22.8 Å². The number of aromatic nitrogens is 2. The Kier molecular flexibility index (Phi) is 9.26. The molecule has 4 bridgehead atoms. The van der Waals surface area contributed by atoms with Gasteiger partial charge in [-0.05, 0) is 125 Å². The molecule has 2 N–H and O–H groups in total. The van der Waals surface area contributed by atoms with Gasteiger partial charge in [0.1, 0.15) is 17.0 Å². The molecule has 0 atom stereocenters. The molecule has 0 unspecified atom stereocenters. The van der Waals surface area contributed by atoms with E-state index in [1.807, 2.05) is 23.1 Å². The molecular weight excluding hydrogens is 697 g/mol. The van der Waals surface area contributed by atoms with Crippen molar-refractivity contribution in [3.05, 3.63) is 41.2 Å². The van der Waals surface area contributed by atoms with Crippen molar-refractivity contribution >= 4 is 23.3 Å². The van der Waals surface area contributed by atoms with Crippen molar-refractivity contribution in [2.45, 2.75) is 120 Å². The molecule has 14 heteroatoms. The molecule has 1 spiro atoms. The van der Waals surface area contributed by atoms with Gasteiger partial charge in [0, 0.05) is 50.0 Å². The van der Waals surface area contributed by atoms with Gasteiger partial charge in [0.05, 0.1) is 18.2 Å². The lowest BCUT2D eigenvalue weighted by Gasteiger charge is -2.60. The number of nitrogens with zero attached hydrogens (tertiary/aromatic N) is 3. The molecule has 288 valence electrons. The van der Waals surface area contributed by atoms with Crippen molar-refractivity contribution in [2.75, 3.05) is 31.2 Å². The van der Waals surface area contributed by atoms with Gasteiger partial charge in [0.25, 0.3) is 11.8 Å². The van der Waals surface area contributed by atoms with Crippen LogP contribution in [0, 0.1) is 23.7 Å². The molecule has 1 aromatic carbocycles. The maximum Gasteiger partial charge on any atom is 0.401 e. The van der Waals surface area contributed by atoms with Crippen LogP contribution in [0.5, 0.6) is 5.75 Å². The van der Waals surface area contributed by atoms with Crippen LogP contribution < -0.4 is 20.3 Å². The van der Waals surface area contributed by atoms with Gasteiger partial charge in [0.2, 0.25) is 5.95 Å². The van der Waals surface area contributed by atoms with Crippen LogP contribution in [0.3, 0.4) is 0 Å². The Balaban J connectivity index is 1.05. The number of carbonyl (C=O) groups excluding carboxylic acids is 2. The van der Waals surface area contributed by atoms with Crippen molar-refractivity contribution in [2.24, 2.45) is 23.7 Å². The number of hydrogen-bond donors (Lipinski definition) is 2. The molecule has 7 aliphatic rings. The number of alkyl halides is 5. The first-order chi connectivity index (χ1) is 25.1. The summed E-state index contributed by atoms with van der Waals surface area (Å²) in [7, 11) is 0. The summed E-state index contributed by atoms with van der Waals surface area (Å²) in [5.74, 6) is -2.58. The van der Waals surface area contributed by atoms with Crippen LogP contribution in [-0.4, -0.2) is 71.8 Å². The van der Waals surface area contributed by atoms with E-state index in [1.54, 1.807) is 0 Å². The van der Waals surface area contributed by atoms with E-state index in [2.05, 4.69) is 20.6 Å². The third kappa shape index (κ3) is 6.80. The van der Waals surface area contributed by atoms with Crippen LogP contribution in [0.15, 0.2) is 24.4 Å². The lowest BCUT2D eigenvalue weighted by Crippen LogP contribution is -2.69. The van der Waals surface area contributed by atoms with Crippen LogP contribution >= 0.6 is 0 Å². The minimum absolute atomic E-state index is 0.00748. The molecule has 53 heavy (non-hydrogen) atoms. The highest BCUT2D eigenvalue weighted by Crippen LogP contribution is 2.59. The molecule has 9 nitrogen and oxygen atoms in total. The summed E-state index contributed by atoms with van der Waals surface area (Å²) in [4.78, 5) is 38.1. The lowest BCUT2D eigenvalue weighted by molar-refractivity contribution is -0.141. The fourth-order valence-electron chi connectivity index (χ4n) is 11.0. The Morgan fingerprint density at radius 1 is 0.981 bits per heavy atom. The summed E-state index contributed by atoms with van der Waals surface area (Å²) in [6.07, 6.45) is 5.15. The molecule has 2 aliphatic heterocycles. The number of Topliss-reactive ketones (excluding diaryl/α,β-unsaturated/α-hetero) is 1. The molecule has 1 amide bonds. The number of fused-ring (bicyclic) bond motifs is 2. The summed E-state index contributed by atoms with van der Waals surface area (Å²) in [5.41, 5.74) is -0.741. The van der Waals surface area contributed by atoms with E-state index in [-0.39, 0.29) is 46.7 Å². The summed E-state index contributed by atoms with van der Waals surface area (Å²) in [6.45, 7) is 2.69. The highest BCUT2D eigenvalue weighted by Gasteiger charge is 2.60. The fraction of sp³-hybridized carbons (Fsp3) is 0.692. The fourth-order valence-corrected chi connectivity index (χ4v) is 11.0. The van der Waals surface area contributed by atoms with Crippen molar-refractivity contribution in [1.29, 1.82) is 0 Å². The number of rotatable bonds is 9. The summed E-state index contributed by atoms with van der Waals surface area (Å²) in [6, 6.07) is 5.47. The summed E-state index contributed by atoms with van der Waals surface area (Å²) < 4.78 is 81.1. The molecule has 2 aromatic rings. The number of anilines is 2. The largest absolute Gasteiger partial charge is 0.490 e. The van der Waals surface area contributed by atoms with Crippen molar-refractivity contribution in [3.8, 4) is 5.75 Å². The zero-order valence-corrected chi connectivity index (χ0v) is 30.2. The maximum atomic E-state index is 15.5. The lowest BCUT2D eigenvalue weighted by atomic mass is 9.47. The number of hydrogen-bond acceptors (Lipinski definition) is 8. The first kappa shape index (κ1) is 36.6. The van der Waals surface area contributed by atoms with Gasteiger partial charge in [-0.1, -0.05) is 0 Å².